The Morgan fingerprint density at radius 1 is 1.16 bits per heavy atom. The third kappa shape index (κ3) is 6.69. The predicted octanol–water partition coefficient (Wildman–Crippen LogP) is 5.21. The van der Waals surface area contributed by atoms with E-state index in [4.69, 9.17) is 19.6 Å². The number of carboxylic acid groups (broad SMARTS) is 1. The second kappa shape index (κ2) is 11.3. The molecule has 3 aromatic rings. The van der Waals surface area contributed by atoms with Crippen LogP contribution < -0.4 is 15.1 Å². The van der Waals surface area contributed by atoms with Crippen molar-refractivity contribution in [2.45, 2.75) is 38.0 Å². The molecular formula is C25H27F3N4O4S. The molecule has 2 N–H and O–H groups in total. The molecule has 2 aliphatic heterocycles. The second-order valence-corrected chi connectivity index (χ2v) is 9.79. The molecule has 12 heteroatoms. The Labute approximate surface area is 215 Å². The zero-order chi connectivity index (χ0) is 26.6. The summed E-state index contributed by atoms with van der Waals surface area (Å²) in [6, 6.07) is 17.3. The minimum absolute atomic E-state index is 0.225. The van der Waals surface area contributed by atoms with Crippen molar-refractivity contribution in [3.63, 3.8) is 0 Å². The minimum Gasteiger partial charge on any atom is -0.475 e. The molecule has 198 valence electrons. The van der Waals surface area contributed by atoms with E-state index in [1.54, 1.807) is 16.2 Å². The number of thiazole rings is 1. The van der Waals surface area contributed by atoms with E-state index >= 15 is 0 Å². The number of carbonyl (C=O) groups is 2. The van der Waals surface area contributed by atoms with Crippen molar-refractivity contribution in [3.8, 4) is 0 Å². The lowest BCUT2D eigenvalue weighted by atomic mass is 10.0. The van der Waals surface area contributed by atoms with Crippen molar-refractivity contribution in [3.05, 3.63) is 54.1 Å². The van der Waals surface area contributed by atoms with Crippen LogP contribution in [0.3, 0.4) is 0 Å². The highest BCUT2D eigenvalue weighted by Crippen LogP contribution is 2.31. The van der Waals surface area contributed by atoms with Crippen molar-refractivity contribution in [1.82, 2.24) is 10.3 Å². The summed E-state index contributed by atoms with van der Waals surface area (Å²) in [5.74, 6) is -2.76. The van der Waals surface area contributed by atoms with Gasteiger partial charge in [-0.05, 0) is 49.6 Å². The van der Waals surface area contributed by atoms with Crippen LogP contribution in [0.4, 0.5) is 28.8 Å². The molecule has 1 atom stereocenters. The number of para-hydroxylation sites is 1. The molecule has 2 aromatic carbocycles. The summed E-state index contributed by atoms with van der Waals surface area (Å²) in [6.45, 7) is 5.31. The van der Waals surface area contributed by atoms with Crippen LogP contribution in [0.15, 0.2) is 48.5 Å². The highest BCUT2D eigenvalue weighted by molar-refractivity contribution is 7.22. The number of halogens is 3. The molecule has 0 spiro atoms. The molecule has 1 aromatic heterocycles. The Morgan fingerprint density at radius 3 is 2.49 bits per heavy atom. The van der Waals surface area contributed by atoms with Crippen LogP contribution in [0.2, 0.25) is 0 Å². The first-order valence-electron chi connectivity index (χ1n) is 11.8. The lowest BCUT2D eigenvalue weighted by molar-refractivity contribution is -0.192. The monoisotopic (exact) mass is 536 g/mol. The Morgan fingerprint density at radius 2 is 1.86 bits per heavy atom. The van der Waals surface area contributed by atoms with E-state index in [1.807, 2.05) is 18.2 Å². The summed E-state index contributed by atoms with van der Waals surface area (Å²) in [7, 11) is 0. The maximum Gasteiger partial charge on any atom is 0.490 e. The maximum atomic E-state index is 11.9. The number of nitrogens with one attached hydrogen (secondary N) is 1. The number of benzene rings is 2. The zero-order valence-corrected chi connectivity index (χ0v) is 20.9. The second-order valence-electron chi connectivity index (χ2n) is 8.78. The number of piperidine rings is 1. The quantitative estimate of drug-likeness (QED) is 0.463. The van der Waals surface area contributed by atoms with E-state index in [0.717, 1.165) is 42.3 Å². The van der Waals surface area contributed by atoms with Gasteiger partial charge in [0.2, 0.25) is 0 Å². The first kappa shape index (κ1) is 26.7. The van der Waals surface area contributed by atoms with E-state index in [-0.39, 0.29) is 12.1 Å². The molecule has 1 unspecified atom stereocenters. The largest absolute Gasteiger partial charge is 0.490 e. The van der Waals surface area contributed by atoms with Gasteiger partial charge in [0, 0.05) is 30.9 Å². The van der Waals surface area contributed by atoms with Crippen LogP contribution in [0, 0.1) is 0 Å². The number of nitrogens with zero attached hydrogens (tertiary/aromatic N) is 3. The van der Waals surface area contributed by atoms with E-state index in [1.165, 1.54) is 10.3 Å². The molecule has 2 saturated heterocycles. The van der Waals surface area contributed by atoms with Crippen LogP contribution in [-0.2, 0) is 9.53 Å². The maximum absolute atomic E-state index is 11.9. The van der Waals surface area contributed by atoms with Gasteiger partial charge in [0.05, 0.1) is 16.8 Å². The van der Waals surface area contributed by atoms with Crippen LogP contribution in [0.5, 0.6) is 0 Å². The number of anilines is 2. The van der Waals surface area contributed by atoms with Gasteiger partial charge in [0.25, 0.3) is 0 Å². The van der Waals surface area contributed by atoms with Crippen LogP contribution in [-0.4, -0.2) is 60.6 Å². The fraction of sp³-hybridized carbons (Fsp3) is 0.400. The molecular weight excluding hydrogens is 509 g/mol. The summed E-state index contributed by atoms with van der Waals surface area (Å²) in [4.78, 5) is 29.7. The third-order valence-electron chi connectivity index (χ3n) is 6.22. The fourth-order valence-corrected chi connectivity index (χ4v) is 5.29. The standard InChI is InChI=1S/C23H26N4O2S.C2HF3O2/c1-16(17-5-4-6-19(15-17)27-13-14-29-23(27)28)24-18-9-11-26(12-10-18)22-25-20-7-2-3-8-21(20)30-22;3-2(4,5)1(6)7/h2-8,15-16,18,24H,9-14H2,1H3;(H,6,7). The molecule has 2 aliphatic rings. The van der Waals surface area contributed by atoms with E-state index < -0.39 is 12.1 Å². The van der Waals surface area contributed by atoms with Crippen molar-refractivity contribution in [1.29, 1.82) is 0 Å². The Hall–Kier alpha value is -3.38. The van der Waals surface area contributed by atoms with Crippen molar-refractivity contribution in [2.24, 2.45) is 0 Å². The van der Waals surface area contributed by atoms with Gasteiger partial charge in [0.1, 0.15) is 6.61 Å². The number of cyclic esters (lactones) is 1. The average molecular weight is 537 g/mol. The summed E-state index contributed by atoms with van der Waals surface area (Å²) in [5.41, 5.74) is 3.20. The number of amides is 1. The van der Waals surface area contributed by atoms with Gasteiger partial charge >= 0.3 is 18.2 Å². The third-order valence-corrected chi connectivity index (χ3v) is 7.32. The number of hydrogen-bond acceptors (Lipinski definition) is 7. The average Bonchev–Trinajstić information content (AvgIpc) is 3.50. The highest BCUT2D eigenvalue weighted by Gasteiger charge is 2.38. The lowest BCUT2D eigenvalue weighted by Gasteiger charge is -2.34. The first-order chi connectivity index (χ1) is 17.6. The summed E-state index contributed by atoms with van der Waals surface area (Å²) in [6.07, 6.45) is -3.15. The zero-order valence-electron chi connectivity index (χ0n) is 20.1. The molecule has 3 heterocycles. The number of ether oxygens (including phenoxy) is 1. The molecule has 37 heavy (non-hydrogen) atoms. The number of carbonyl (C=O) groups excluding carboxylic acids is 1. The van der Waals surface area contributed by atoms with Gasteiger partial charge < -0.3 is 20.1 Å². The predicted molar refractivity (Wildman–Crippen MR) is 135 cm³/mol. The van der Waals surface area contributed by atoms with Gasteiger partial charge in [-0.3, -0.25) is 4.90 Å². The minimum atomic E-state index is -5.08. The molecule has 5 rings (SSSR count). The lowest BCUT2D eigenvalue weighted by Crippen LogP contribution is -2.43. The number of aliphatic carboxylic acids is 1. The van der Waals surface area contributed by atoms with Gasteiger partial charge in [0.15, 0.2) is 5.13 Å². The van der Waals surface area contributed by atoms with Crippen LogP contribution in [0.25, 0.3) is 10.2 Å². The first-order valence-corrected chi connectivity index (χ1v) is 12.6. The van der Waals surface area contributed by atoms with Crippen LogP contribution >= 0.6 is 11.3 Å². The molecule has 1 amide bonds. The Bertz CT molecular complexity index is 1210. The summed E-state index contributed by atoms with van der Waals surface area (Å²) < 4.78 is 38.1. The van der Waals surface area contributed by atoms with Gasteiger partial charge in [-0.15, -0.1) is 0 Å². The summed E-state index contributed by atoms with van der Waals surface area (Å²) in [5, 5.41) is 12.0. The fourth-order valence-electron chi connectivity index (χ4n) is 4.27. The highest BCUT2D eigenvalue weighted by atomic mass is 32.1. The number of aromatic nitrogens is 1. The van der Waals surface area contributed by atoms with Gasteiger partial charge in [-0.1, -0.05) is 35.6 Å². The molecule has 0 bridgehead atoms. The normalized spacial score (nSPS) is 17.4. The molecule has 0 radical (unpaired) electrons. The number of alkyl halides is 3. The van der Waals surface area contributed by atoms with Crippen molar-refractivity contribution in [2.75, 3.05) is 36.0 Å². The Balaban J connectivity index is 0.000000405. The van der Waals surface area contributed by atoms with E-state index in [9.17, 15) is 18.0 Å². The van der Waals surface area contributed by atoms with Crippen molar-refractivity contribution < 1.29 is 32.6 Å². The SMILES string of the molecule is CC(NC1CCN(c2nc3ccccc3s2)CC1)c1cccc(N2CCOC2=O)c1.O=C(O)C(F)(F)F. The number of carboxylic acids is 1. The molecule has 0 aliphatic carbocycles. The van der Waals surface area contributed by atoms with E-state index in [2.05, 4.69) is 47.5 Å². The van der Waals surface area contributed by atoms with Gasteiger partial charge in [-0.25, -0.2) is 14.6 Å². The molecule has 2 fully saturated rings. The summed E-state index contributed by atoms with van der Waals surface area (Å²) >= 11 is 1.78. The molecule has 8 nitrogen and oxygen atoms in total. The Kier molecular flexibility index (Phi) is 8.18. The number of fused-ring (bicyclic) bond motifs is 1. The topological polar surface area (TPSA) is 95.0 Å². The van der Waals surface area contributed by atoms with Gasteiger partial charge in [-0.2, -0.15) is 13.2 Å². The van der Waals surface area contributed by atoms with Crippen molar-refractivity contribution >= 4 is 44.4 Å². The van der Waals surface area contributed by atoms with E-state index in [0.29, 0.717) is 19.2 Å². The number of rotatable bonds is 5. The van der Waals surface area contributed by atoms with Crippen LogP contribution in [0.1, 0.15) is 31.4 Å². The smallest absolute Gasteiger partial charge is 0.475 e. The molecule has 0 saturated carbocycles. The number of hydrogen-bond donors (Lipinski definition) is 2.